The van der Waals surface area contributed by atoms with Gasteiger partial charge in [0.25, 0.3) is 11.8 Å². The van der Waals surface area contributed by atoms with Crippen molar-refractivity contribution < 1.29 is 19.4 Å². The number of carbonyl (C=O) groups excluding carboxylic acids is 2. The molecule has 2 aromatic carbocycles. The number of imide groups is 1. The molecule has 2 aromatic rings. The van der Waals surface area contributed by atoms with Crippen LogP contribution in [0.5, 0.6) is 11.5 Å². The molecule has 0 fully saturated rings. The second-order valence-corrected chi connectivity index (χ2v) is 4.61. The number of carbonyl (C=O) groups is 2. The van der Waals surface area contributed by atoms with Crippen molar-refractivity contribution in [2.24, 2.45) is 0 Å². The van der Waals surface area contributed by atoms with E-state index in [1.807, 2.05) is 0 Å². The Morgan fingerprint density at radius 1 is 1.10 bits per heavy atom. The zero-order valence-corrected chi connectivity index (χ0v) is 11.8. The lowest BCUT2D eigenvalue weighted by atomic mass is 10.1. The molecule has 0 aliphatic rings. The third kappa shape index (κ3) is 3.52. The maximum Gasteiger partial charge on any atom is 0.261 e. The monoisotopic (exact) mass is 305 g/mol. The minimum Gasteiger partial charge on any atom is -0.507 e. The largest absolute Gasteiger partial charge is 0.507 e. The van der Waals surface area contributed by atoms with Gasteiger partial charge < -0.3 is 9.84 Å². The summed E-state index contributed by atoms with van der Waals surface area (Å²) < 4.78 is 4.98. The van der Waals surface area contributed by atoms with Crippen LogP contribution in [-0.4, -0.2) is 24.0 Å². The van der Waals surface area contributed by atoms with Gasteiger partial charge in [-0.25, -0.2) is 0 Å². The molecule has 0 bridgehead atoms. The molecule has 2 amide bonds. The van der Waals surface area contributed by atoms with E-state index in [4.69, 9.17) is 16.3 Å². The summed E-state index contributed by atoms with van der Waals surface area (Å²) in [6.07, 6.45) is 0. The molecule has 108 valence electrons. The number of aromatic hydroxyl groups is 1. The molecule has 21 heavy (non-hydrogen) atoms. The number of nitrogens with one attached hydrogen (secondary N) is 1. The first-order valence-corrected chi connectivity index (χ1v) is 6.37. The van der Waals surface area contributed by atoms with Gasteiger partial charge in [-0.1, -0.05) is 11.6 Å². The van der Waals surface area contributed by atoms with E-state index in [2.05, 4.69) is 5.32 Å². The molecule has 0 saturated carbocycles. The van der Waals surface area contributed by atoms with Crippen molar-refractivity contribution in [2.75, 3.05) is 7.11 Å². The van der Waals surface area contributed by atoms with Crippen LogP contribution in [0.4, 0.5) is 0 Å². The molecule has 5 nitrogen and oxygen atoms in total. The van der Waals surface area contributed by atoms with Crippen molar-refractivity contribution in [3.05, 3.63) is 58.6 Å². The zero-order chi connectivity index (χ0) is 15.4. The Morgan fingerprint density at radius 2 is 1.76 bits per heavy atom. The summed E-state index contributed by atoms with van der Waals surface area (Å²) in [4.78, 5) is 23.9. The Labute approximate surface area is 126 Å². The quantitative estimate of drug-likeness (QED) is 0.855. The van der Waals surface area contributed by atoms with Gasteiger partial charge in [0, 0.05) is 10.6 Å². The standard InChI is InChI=1S/C15H12ClNO4/c1-21-11-5-2-9(3-6-11)14(19)17-15(20)12-8-10(16)4-7-13(12)18/h2-8,18H,1H3,(H,17,19,20). The molecule has 0 spiro atoms. The number of halogens is 1. The van der Waals surface area contributed by atoms with Crippen LogP contribution in [0.15, 0.2) is 42.5 Å². The lowest BCUT2D eigenvalue weighted by molar-refractivity contribution is 0.0848. The van der Waals surface area contributed by atoms with Crippen molar-refractivity contribution in [3.63, 3.8) is 0 Å². The molecule has 2 N–H and O–H groups in total. The lowest BCUT2D eigenvalue weighted by Crippen LogP contribution is -2.30. The molecule has 0 aromatic heterocycles. The number of hydrogen-bond donors (Lipinski definition) is 2. The summed E-state index contributed by atoms with van der Waals surface area (Å²) >= 11 is 5.76. The first-order chi connectivity index (χ1) is 10.0. The van der Waals surface area contributed by atoms with E-state index < -0.39 is 11.8 Å². The Morgan fingerprint density at radius 3 is 2.38 bits per heavy atom. The van der Waals surface area contributed by atoms with Crippen molar-refractivity contribution in [2.45, 2.75) is 0 Å². The second kappa shape index (κ2) is 6.28. The van der Waals surface area contributed by atoms with Crippen LogP contribution in [0.3, 0.4) is 0 Å². The minimum absolute atomic E-state index is 0.0654. The van der Waals surface area contributed by atoms with Crippen LogP contribution in [0.25, 0.3) is 0 Å². The average molecular weight is 306 g/mol. The van der Waals surface area contributed by atoms with E-state index in [0.29, 0.717) is 11.3 Å². The van der Waals surface area contributed by atoms with E-state index in [1.165, 1.54) is 37.4 Å². The van der Waals surface area contributed by atoms with Crippen LogP contribution in [0.2, 0.25) is 5.02 Å². The van der Waals surface area contributed by atoms with E-state index in [9.17, 15) is 14.7 Å². The fourth-order valence-electron chi connectivity index (χ4n) is 1.68. The van der Waals surface area contributed by atoms with Gasteiger partial charge in [0.15, 0.2) is 0 Å². The molecular weight excluding hydrogens is 294 g/mol. The number of methoxy groups -OCH3 is 1. The number of ether oxygens (including phenoxy) is 1. The molecule has 0 saturated heterocycles. The SMILES string of the molecule is COc1ccc(C(=O)NC(=O)c2cc(Cl)ccc2O)cc1. The number of phenols is 1. The molecule has 0 aliphatic carbocycles. The van der Waals surface area contributed by atoms with E-state index in [0.717, 1.165) is 0 Å². The number of rotatable bonds is 3. The average Bonchev–Trinajstić information content (AvgIpc) is 2.49. The predicted molar refractivity (Wildman–Crippen MR) is 77.9 cm³/mol. The highest BCUT2D eigenvalue weighted by atomic mass is 35.5. The van der Waals surface area contributed by atoms with Gasteiger partial charge in [-0.2, -0.15) is 0 Å². The molecule has 6 heteroatoms. The van der Waals surface area contributed by atoms with Crippen LogP contribution < -0.4 is 10.1 Å². The highest BCUT2D eigenvalue weighted by Gasteiger charge is 2.16. The predicted octanol–water partition coefficient (Wildman–Crippen LogP) is 2.62. The number of phenolic OH excluding ortho intramolecular Hbond substituents is 1. The van der Waals surface area contributed by atoms with E-state index in [-0.39, 0.29) is 16.3 Å². The number of benzene rings is 2. The highest BCUT2D eigenvalue weighted by molar-refractivity contribution is 6.31. The van der Waals surface area contributed by atoms with Gasteiger partial charge in [0.1, 0.15) is 11.5 Å². The van der Waals surface area contributed by atoms with Gasteiger partial charge in [0.2, 0.25) is 0 Å². The summed E-state index contributed by atoms with van der Waals surface area (Å²) in [6, 6.07) is 10.3. The molecule has 0 radical (unpaired) electrons. The van der Waals surface area contributed by atoms with Crippen LogP contribution in [-0.2, 0) is 0 Å². The second-order valence-electron chi connectivity index (χ2n) is 4.17. The van der Waals surface area contributed by atoms with Crippen molar-refractivity contribution in [1.29, 1.82) is 0 Å². The molecule has 0 atom stereocenters. The summed E-state index contributed by atoms with van der Waals surface area (Å²) in [7, 11) is 1.51. The smallest absolute Gasteiger partial charge is 0.261 e. The van der Waals surface area contributed by atoms with E-state index >= 15 is 0 Å². The third-order valence-electron chi connectivity index (χ3n) is 2.78. The van der Waals surface area contributed by atoms with Gasteiger partial charge in [-0.15, -0.1) is 0 Å². The van der Waals surface area contributed by atoms with Crippen molar-refractivity contribution in [3.8, 4) is 11.5 Å². The van der Waals surface area contributed by atoms with Gasteiger partial charge in [-0.3, -0.25) is 14.9 Å². The van der Waals surface area contributed by atoms with Crippen molar-refractivity contribution >= 4 is 23.4 Å². The molecule has 0 aliphatic heterocycles. The molecule has 0 heterocycles. The number of amides is 2. The van der Waals surface area contributed by atoms with Gasteiger partial charge in [-0.05, 0) is 42.5 Å². The first kappa shape index (κ1) is 14.9. The van der Waals surface area contributed by atoms with Gasteiger partial charge in [0.05, 0.1) is 12.7 Å². The summed E-state index contributed by atoms with van der Waals surface area (Å²) in [6.45, 7) is 0. The van der Waals surface area contributed by atoms with Crippen molar-refractivity contribution in [1.82, 2.24) is 5.32 Å². The highest BCUT2D eigenvalue weighted by Crippen LogP contribution is 2.21. The minimum atomic E-state index is -0.726. The van der Waals surface area contributed by atoms with Crippen LogP contribution in [0.1, 0.15) is 20.7 Å². The number of hydrogen-bond acceptors (Lipinski definition) is 4. The molecule has 2 rings (SSSR count). The van der Waals surface area contributed by atoms with Crippen LogP contribution >= 0.6 is 11.6 Å². The van der Waals surface area contributed by atoms with Gasteiger partial charge >= 0.3 is 0 Å². The van der Waals surface area contributed by atoms with E-state index in [1.54, 1.807) is 12.1 Å². The summed E-state index contributed by atoms with van der Waals surface area (Å²) in [5.74, 6) is -0.956. The Hall–Kier alpha value is -2.53. The Kier molecular flexibility index (Phi) is 4.45. The normalized spacial score (nSPS) is 10.0. The maximum absolute atomic E-state index is 11.9. The molecule has 0 unspecified atom stereocenters. The zero-order valence-electron chi connectivity index (χ0n) is 11.1. The Bertz CT molecular complexity index is 683. The molecular formula is C15H12ClNO4. The fourth-order valence-corrected chi connectivity index (χ4v) is 1.85. The first-order valence-electron chi connectivity index (χ1n) is 5.99. The summed E-state index contributed by atoms with van der Waals surface area (Å²) in [5.41, 5.74) is 0.232. The summed E-state index contributed by atoms with van der Waals surface area (Å²) in [5, 5.41) is 12.1. The Balaban J connectivity index is 2.14. The lowest BCUT2D eigenvalue weighted by Gasteiger charge is -2.07. The maximum atomic E-state index is 11.9. The van der Waals surface area contributed by atoms with Crippen LogP contribution in [0, 0.1) is 0 Å². The fraction of sp³-hybridized carbons (Fsp3) is 0.0667. The topological polar surface area (TPSA) is 75.6 Å². The third-order valence-corrected chi connectivity index (χ3v) is 3.02.